The highest BCUT2D eigenvalue weighted by atomic mass is 16.5. The first-order valence-corrected chi connectivity index (χ1v) is 14.5. The number of methoxy groups -OCH3 is 1. The molecule has 0 aliphatic rings. The number of hydrogen-bond donors (Lipinski definition) is 1. The highest BCUT2D eigenvalue weighted by Gasteiger charge is 2.31. The predicted molar refractivity (Wildman–Crippen MR) is 169 cm³/mol. The van der Waals surface area contributed by atoms with Gasteiger partial charge in [-0.1, -0.05) is 47.6 Å². The third-order valence-electron chi connectivity index (χ3n) is 8.04. The van der Waals surface area contributed by atoms with Crippen molar-refractivity contribution in [3.8, 4) is 34.4 Å². The van der Waals surface area contributed by atoms with E-state index < -0.39 is 5.97 Å². The minimum absolute atomic E-state index is 0.0964. The van der Waals surface area contributed by atoms with Crippen molar-refractivity contribution in [1.29, 1.82) is 0 Å². The number of fused-ring (bicyclic) bond motifs is 5. The van der Waals surface area contributed by atoms with Crippen molar-refractivity contribution in [2.75, 3.05) is 7.11 Å². The second-order valence-electron chi connectivity index (χ2n) is 13.2. The maximum Gasteiger partial charge on any atom is 0.343 e. The second-order valence-corrected chi connectivity index (χ2v) is 13.2. The molecule has 7 aromatic rings. The van der Waals surface area contributed by atoms with Crippen molar-refractivity contribution in [2.24, 2.45) is 0 Å². The van der Waals surface area contributed by atoms with Gasteiger partial charge in [0, 0.05) is 17.2 Å². The summed E-state index contributed by atoms with van der Waals surface area (Å²) in [7, 11) is 1.60. The molecule has 0 atom stereocenters. The highest BCUT2D eigenvalue weighted by molar-refractivity contribution is 5.95. The summed E-state index contributed by atoms with van der Waals surface area (Å²) in [4.78, 5) is 19.6. The zero-order valence-corrected chi connectivity index (χ0v) is 25.8. The van der Waals surface area contributed by atoms with Gasteiger partial charge in [0.05, 0.1) is 12.7 Å². The lowest BCUT2D eigenvalue weighted by atomic mass is 9.80. The Morgan fingerprint density at radius 3 is 2.20 bits per heavy atom. The van der Waals surface area contributed by atoms with E-state index in [2.05, 4.69) is 52.6 Å². The van der Waals surface area contributed by atoms with E-state index in [1.54, 1.807) is 43.5 Å². The maximum absolute atomic E-state index is 13.1. The van der Waals surface area contributed by atoms with E-state index in [9.17, 15) is 9.90 Å². The Hall–Kier alpha value is -5.18. The van der Waals surface area contributed by atoms with Crippen LogP contribution in [0.5, 0.6) is 17.2 Å². The van der Waals surface area contributed by atoms with E-state index in [4.69, 9.17) is 13.9 Å². The van der Waals surface area contributed by atoms with Crippen LogP contribution in [0.1, 0.15) is 63.0 Å². The number of aromatic nitrogens is 4. The molecule has 44 heavy (non-hydrogen) atoms. The first kappa shape index (κ1) is 27.6. The van der Waals surface area contributed by atoms with Gasteiger partial charge in [-0.15, -0.1) is 14.1 Å². The lowest BCUT2D eigenvalue weighted by Gasteiger charge is -2.26. The molecule has 0 amide bonds. The molecule has 9 nitrogen and oxygen atoms in total. The van der Waals surface area contributed by atoms with Crippen LogP contribution < -0.4 is 9.47 Å². The van der Waals surface area contributed by atoms with Gasteiger partial charge >= 0.3 is 5.97 Å². The van der Waals surface area contributed by atoms with Crippen LogP contribution in [-0.4, -0.2) is 37.2 Å². The summed E-state index contributed by atoms with van der Waals surface area (Å²) >= 11 is 0. The molecule has 0 unspecified atom stereocenters. The number of oxazole rings is 1. The molecule has 1 N–H and O–H groups in total. The molecule has 0 saturated carbocycles. The van der Waals surface area contributed by atoms with Crippen LogP contribution in [0.2, 0.25) is 0 Å². The molecule has 0 aliphatic heterocycles. The van der Waals surface area contributed by atoms with Crippen LogP contribution >= 0.6 is 0 Å². The first-order chi connectivity index (χ1) is 20.8. The van der Waals surface area contributed by atoms with E-state index in [0.717, 1.165) is 33.2 Å². The molecule has 224 valence electrons. The topological polar surface area (TPSA) is 95.5 Å². The molecule has 3 heterocycles. The van der Waals surface area contributed by atoms with E-state index in [0.29, 0.717) is 34.2 Å². The molecule has 0 saturated heterocycles. The summed E-state index contributed by atoms with van der Waals surface area (Å²) in [6, 6.07) is 22.1. The normalized spacial score (nSPS) is 12.6. The van der Waals surface area contributed by atoms with Gasteiger partial charge in [0.25, 0.3) is 0 Å². The van der Waals surface area contributed by atoms with Gasteiger partial charge in [-0.2, -0.15) is 0 Å². The number of aromatic hydroxyl groups is 1. The summed E-state index contributed by atoms with van der Waals surface area (Å²) in [6.07, 6.45) is 0. The van der Waals surface area contributed by atoms with Crippen molar-refractivity contribution < 1.29 is 23.8 Å². The van der Waals surface area contributed by atoms with E-state index in [-0.39, 0.29) is 16.6 Å². The molecule has 9 heteroatoms. The van der Waals surface area contributed by atoms with Crippen LogP contribution in [-0.2, 0) is 10.8 Å². The quantitative estimate of drug-likeness (QED) is 0.163. The second kappa shape index (κ2) is 9.41. The molecule has 7 rings (SSSR count). The smallest absolute Gasteiger partial charge is 0.343 e. The third-order valence-corrected chi connectivity index (χ3v) is 8.04. The van der Waals surface area contributed by atoms with Crippen molar-refractivity contribution in [2.45, 2.75) is 52.4 Å². The fourth-order valence-electron chi connectivity index (χ4n) is 5.44. The number of esters is 1. The largest absolute Gasteiger partial charge is 0.505 e. The van der Waals surface area contributed by atoms with Crippen LogP contribution in [0, 0.1) is 0 Å². The Balaban J connectivity index is 1.14. The van der Waals surface area contributed by atoms with Crippen LogP contribution in [0.4, 0.5) is 0 Å². The fraction of sp³-hybridized carbons (Fsp3) is 0.257. The Kier molecular flexibility index (Phi) is 5.91. The molecule has 3 aromatic heterocycles. The maximum atomic E-state index is 13.1. The molecule has 0 bridgehead atoms. The molecule has 0 fully saturated rings. The average Bonchev–Trinajstić information content (AvgIpc) is 3.43. The third kappa shape index (κ3) is 4.47. The van der Waals surface area contributed by atoms with E-state index in [1.807, 2.05) is 44.4 Å². The number of phenols is 1. The van der Waals surface area contributed by atoms with Crippen LogP contribution in [0.3, 0.4) is 0 Å². The Bertz CT molecular complexity index is 2180. The lowest BCUT2D eigenvalue weighted by Crippen LogP contribution is -2.17. The standard InChI is InChI=1S/C35H34N4O5/c1-34(2,3)22-17-25(35(4,5)6)31(40)29(18-22)39-37-27-15-10-21(16-28(27)38(37)39)33(41)43-23-11-8-20(9-12-23)32-36-26-14-13-24(42-7)19-30(26)44-32/h8-19,40H,1-7H3. The summed E-state index contributed by atoms with van der Waals surface area (Å²) in [5.41, 5.74) is 6.76. The molecular weight excluding hydrogens is 556 g/mol. The van der Waals surface area contributed by atoms with Gasteiger partial charge in [0.1, 0.15) is 39.5 Å². The summed E-state index contributed by atoms with van der Waals surface area (Å²) in [5, 5.41) is 11.3. The zero-order chi connectivity index (χ0) is 31.1. The lowest BCUT2D eigenvalue weighted by molar-refractivity contribution is 0.0735. The Morgan fingerprint density at radius 1 is 0.818 bits per heavy atom. The van der Waals surface area contributed by atoms with Gasteiger partial charge in [0.2, 0.25) is 5.89 Å². The number of ether oxygens (including phenoxy) is 2. The number of benzene rings is 4. The minimum atomic E-state index is -0.464. The molecular formula is C35H34N4O5. The van der Waals surface area contributed by atoms with Gasteiger partial charge < -0.3 is 19.0 Å². The molecule has 0 aliphatic carbocycles. The summed E-state index contributed by atoms with van der Waals surface area (Å²) in [6.45, 7) is 12.8. The predicted octanol–water partition coefficient (Wildman–Crippen LogP) is 7.76. The van der Waals surface area contributed by atoms with Crippen molar-refractivity contribution in [3.63, 3.8) is 0 Å². The Morgan fingerprint density at radius 2 is 1.52 bits per heavy atom. The highest BCUT2D eigenvalue weighted by Crippen LogP contribution is 2.41. The fourth-order valence-corrected chi connectivity index (χ4v) is 5.44. The van der Waals surface area contributed by atoms with Crippen molar-refractivity contribution in [1.82, 2.24) is 19.0 Å². The van der Waals surface area contributed by atoms with Crippen LogP contribution in [0.15, 0.2) is 77.2 Å². The average molecular weight is 591 g/mol. The van der Waals surface area contributed by atoms with Gasteiger partial charge in [-0.25, -0.2) is 9.78 Å². The summed E-state index contributed by atoms with van der Waals surface area (Å²) < 4.78 is 20.8. The van der Waals surface area contributed by atoms with Gasteiger partial charge in [0.15, 0.2) is 5.58 Å². The number of carbonyl (C=O) groups is 1. The van der Waals surface area contributed by atoms with Crippen LogP contribution in [0.25, 0.3) is 39.3 Å². The van der Waals surface area contributed by atoms with E-state index in [1.165, 1.54) is 0 Å². The number of phenolic OH excluding ortho intramolecular Hbond substituents is 1. The SMILES string of the molecule is COc1ccc2nc(-c3ccc(OC(=O)c4ccc5c(c4)n4n(-c6cc(C(C)(C)C)cc(C(C)(C)C)c6O)n54)cc3)oc2c1. The first-order valence-electron chi connectivity index (χ1n) is 14.5. The van der Waals surface area contributed by atoms with E-state index >= 15 is 0 Å². The number of carbonyl (C=O) groups excluding carboxylic acids is 1. The van der Waals surface area contributed by atoms with Crippen molar-refractivity contribution in [3.05, 3.63) is 89.5 Å². The number of rotatable bonds is 5. The summed E-state index contributed by atoms with van der Waals surface area (Å²) in [5.74, 6) is 1.36. The number of nitrogens with zero attached hydrogens (tertiary/aromatic N) is 4. The monoisotopic (exact) mass is 590 g/mol. The molecule has 0 spiro atoms. The van der Waals surface area contributed by atoms with Gasteiger partial charge in [-0.05, 0) is 77.1 Å². The molecule has 0 radical (unpaired) electrons. The zero-order valence-electron chi connectivity index (χ0n) is 25.8. The van der Waals surface area contributed by atoms with Crippen molar-refractivity contribution >= 4 is 28.1 Å². The van der Waals surface area contributed by atoms with Gasteiger partial charge in [-0.3, -0.25) is 0 Å². The molecule has 4 aromatic carbocycles. The minimum Gasteiger partial charge on any atom is -0.505 e. The number of hydrogen-bond acceptors (Lipinski definition) is 6. The Labute approximate surface area is 254 Å².